The third-order valence-electron chi connectivity index (χ3n) is 3.00. The van der Waals surface area contributed by atoms with Crippen LogP contribution in [-0.4, -0.2) is 23.5 Å². The minimum atomic E-state index is -0.948. The number of nitrogen functional groups attached to an aromatic ring is 1. The molecule has 5 heteroatoms. The molecule has 2 aromatic rings. The average molecular weight is 284 g/mol. The zero-order chi connectivity index (χ0) is 15.2. The van der Waals surface area contributed by atoms with Crippen molar-refractivity contribution in [1.82, 2.24) is 0 Å². The van der Waals surface area contributed by atoms with Crippen LogP contribution < -0.4 is 10.6 Å². The van der Waals surface area contributed by atoms with Gasteiger partial charge in [-0.3, -0.25) is 9.59 Å². The van der Waals surface area contributed by atoms with Gasteiger partial charge in [-0.2, -0.15) is 0 Å². The van der Waals surface area contributed by atoms with Gasteiger partial charge in [0, 0.05) is 23.5 Å². The van der Waals surface area contributed by atoms with E-state index in [0.29, 0.717) is 16.9 Å². The molecule has 0 aliphatic carbocycles. The number of carboxylic acid groups (broad SMARTS) is 1. The number of nitrogens with two attached hydrogens (primary N) is 1. The molecule has 0 saturated heterocycles. The lowest BCUT2D eigenvalue weighted by atomic mass is 10.1. The highest BCUT2D eigenvalue weighted by Gasteiger charge is 2.18. The number of carbonyl (C=O) groups is 2. The number of anilines is 2. The third-order valence-corrected chi connectivity index (χ3v) is 3.00. The Kier molecular flexibility index (Phi) is 4.56. The van der Waals surface area contributed by atoms with E-state index in [-0.39, 0.29) is 18.9 Å². The van der Waals surface area contributed by atoms with Crippen LogP contribution in [0.5, 0.6) is 0 Å². The summed E-state index contributed by atoms with van der Waals surface area (Å²) >= 11 is 0. The zero-order valence-corrected chi connectivity index (χ0v) is 11.4. The number of benzene rings is 2. The second-order valence-corrected chi connectivity index (χ2v) is 4.56. The maximum Gasteiger partial charge on any atom is 0.305 e. The Balaban J connectivity index is 2.30. The van der Waals surface area contributed by atoms with Gasteiger partial charge in [-0.25, -0.2) is 0 Å². The van der Waals surface area contributed by atoms with Crippen molar-refractivity contribution >= 4 is 23.3 Å². The number of carbonyl (C=O) groups excluding carboxylic acids is 1. The van der Waals surface area contributed by atoms with Crippen LogP contribution in [0.1, 0.15) is 16.8 Å². The molecule has 5 nitrogen and oxygen atoms in total. The SMILES string of the molecule is Nc1cccc(C(=O)N(CCC(=O)O)c2ccccc2)c1. The van der Waals surface area contributed by atoms with Gasteiger partial charge in [0.1, 0.15) is 0 Å². The summed E-state index contributed by atoms with van der Waals surface area (Å²) in [6, 6.07) is 15.6. The molecule has 1 amide bonds. The van der Waals surface area contributed by atoms with Crippen molar-refractivity contribution in [2.24, 2.45) is 0 Å². The minimum Gasteiger partial charge on any atom is -0.481 e. The van der Waals surface area contributed by atoms with Crippen LogP contribution in [0.15, 0.2) is 54.6 Å². The van der Waals surface area contributed by atoms with E-state index >= 15 is 0 Å². The van der Waals surface area contributed by atoms with E-state index in [9.17, 15) is 9.59 Å². The summed E-state index contributed by atoms with van der Waals surface area (Å²) in [5.74, 6) is -1.22. The van der Waals surface area contributed by atoms with Crippen molar-refractivity contribution in [3.05, 3.63) is 60.2 Å². The van der Waals surface area contributed by atoms with Crippen LogP contribution >= 0.6 is 0 Å². The first-order valence-corrected chi connectivity index (χ1v) is 6.52. The molecule has 0 aliphatic rings. The van der Waals surface area contributed by atoms with Gasteiger partial charge in [0.25, 0.3) is 5.91 Å². The van der Waals surface area contributed by atoms with Gasteiger partial charge in [-0.15, -0.1) is 0 Å². The number of rotatable bonds is 5. The second kappa shape index (κ2) is 6.56. The Labute approximate surface area is 122 Å². The molecular formula is C16H16N2O3. The van der Waals surface area contributed by atoms with Crippen molar-refractivity contribution in [1.29, 1.82) is 0 Å². The normalized spacial score (nSPS) is 10.1. The van der Waals surface area contributed by atoms with Crippen LogP contribution in [0.25, 0.3) is 0 Å². The first-order valence-electron chi connectivity index (χ1n) is 6.52. The number of nitrogens with zero attached hydrogens (tertiary/aromatic N) is 1. The molecule has 3 N–H and O–H groups in total. The van der Waals surface area contributed by atoms with Gasteiger partial charge in [0.05, 0.1) is 6.42 Å². The van der Waals surface area contributed by atoms with E-state index in [1.165, 1.54) is 4.90 Å². The maximum absolute atomic E-state index is 12.6. The van der Waals surface area contributed by atoms with Gasteiger partial charge in [0.2, 0.25) is 0 Å². The molecule has 0 atom stereocenters. The average Bonchev–Trinajstić information content (AvgIpc) is 2.48. The fraction of sp³-hybridized carbons (Fsp3) is 0.125. The molecule has 0 aromatic heterocycles. The van der Waals surface area contributed by atoms with E-state index in [4.69, 9.17) is 10.8 Å². The second-order valence-electron chi connectivity index (χ2n) is 4.56. The van der Waals surface area contributed by atoms with Crippen molar-refractivity contribution in [2.45, 2.75) is 6.42 Å². The lowest BCUT2D eigenvalue weighted by Gasteiger charge is -2.22. The van der Waals surface area contributed by atoms with Crippen LogP contribution in [0, 0.1) is 0 Å². The lowest BCUT2D eigenvalue weighted by molar-refractivity contribution is -0.136. The maximum atomic E-state index is 12.6. The summed E-state index contributed by atoms with van der Waals surface area (Å²) < 4.78 is 0. The minimum absolute atomic E-state index is 0.104. The van der Waals surface area contributed by atoms with Crippen molar-refractivity contribution in [3.8, 4) is 0 Å². The van der Waals surface area contributed by atoms with Gasteiger partial charge >= 0.3 is 5.97 Å². The van der Waals surface area contributed by atoms with E-state index < -0.39 is 5.97 Å². The molecule has 2 aromatic carbocycles. The molecule has 0 fully saturated rings. The number of hydrogen-bond acceptors (Lipinski definition) is 3. The van der Waals surface area contributed by atoms with Gasteiger partial charge < -0.3 is 15.7 Å². The molecule has 0 unspecified atom stereocenters. The first-order chi connectivity index (χ1) is 10.1. The number of amides is 1. The third kappa shape index (κ3) is 3.82. The predicted molar refractivity (Wildman–Crippen MR) is 81.2 cm³/mol. The smallest absolute Gasteiger partial charge is 0.305 e. The van der Waals surface area contributed by atoms with Gasteiger partial charge in [0.15, 0.2) is 0 Å². The Morgan fingerprint density at radius 2 is 1.76 bits per heavy atom. The quantitative estimate of drug-likeness (QED) is 0.826. The predicted octanol–water partition coefficient (Wildman–Crippen LogP) is 2.39. The topological polar surface area (TPSA) is 83.6 Å². The molecule has 0 aliphatic heterocycles. The Morgan fingerprint density at radius 3 is 2.38 bits per heavy atom. The standard InChI is InChI=1S/C16H16N2O3/c17-13-6-4-5-12(11-13)16(21)18(10-9-15(19)20)14-7-2-1-3-8-14/h1-8,11H,9-10,17H2,(H,19,20). The van der Waals surface area contributed by atoms with Crippen LogP contribution in [0.4, 0.5) is 11.4 Å². The first kappa shape index (κ1) is 14.6. The highest BCUT2D eigenvalue weighted by molar-refractivity contribution is 6.06. The highest BCUT2D eigenvalue weighted by Crippen LogP contribution is 2.18. The number of aliphatic carboxylic acids is 1. The summed E-state index contributed by atoms with van der Waals surface area (Å²) in [5.41, 5.74) is 7.28. The zero-order valence-electron chi connectivity index (χ0n) is 11.4. The van der Waals surface area contributed by atoms with E-state index in [1.807, 2.05) is 6.07 Å². The Morgan fingerprint density at radius 1 is 1.05 bits per heavy atom. The number of para-hydroxylation sites is 1. The summed E-state index contributed by atoms with van der Waals surface area (Å²) in [6.07, 6.45) is -0.122. The summed E-state index contributed by atoms with van der Waals surface area (Å²) in [7, 11) is 0. The fourth-order valence-electron chi connectivity index (χ4n) is 1.99. The molecule has 2 rings (SSSR count). The van der Waals surface area contributed by atoms with E-state index in [1.54, 1.807) is 48.5 Å². The molecule has 21 heavy (non-hydrogen) atoms. The fourth-order valence-corrected chi connectivity index (χ4v) is 1.99. The molecule has 108 valence electrons. The molecular weight excluding hydrogens is 268 g/mol. The molecule has 0 saturated carbocycles. The summed E-state index contributed by atoms with van der Waals surface area (Å²) in [6.45, 7) is 0.104. The monoisotopic (exact) mass is 284 g/mol. The van der Waals surface area contributed by atoms with E-state index in [2.05, 4.69) is 0 Å². The molecule has 0 radical (unpaired) electrons. The van der Waals surface area contributed by atoms with Crippen molar-refractivity contribution in [3.63, 3.8) is 0 Å². The number of hydrogen-bond donors (Lipinski definition) is 2. The Bertz CT molecular complexity index is 641. The Hall–Kier alpha value is -2.82. The van der Waals surface area contributed by atoms with Gasteiger partial charge in [-0.05, 0) is 30.3 Å². The summed E-state index contributed by atoms with van der Waals surface area (Å²) in [4.78, 5) is 24.8. The lowest BCUT2D eigenvalue weighted by Crippen LogP contribution is -2.33. The van der Waals surface area contributed by atoms with Crippen LogP contribution in [0.2, 0.25) is 0 Å². The molecule has 0 heterocycles. The summed E-state index contributed by atoms with van der Waals surface area (Å²) in [5, 5.41) is 8.85. The number of carboxylic acids is 1. The molecule has 0 bridgehead atoms. The van der Waals surface area contributed by atoms with Crippen molar-refractivity contribution in [2.75, 3.05) is 17.2 Å². The van der Waals surface area contributed by atoms with Crippen LogP contribution in [-0.2, 0) is 4.79 Å². The van der Waals surface area contributed by atoms with Crippen molar-refractivity contribution < 1.29 is 14.7 Å². The van der Waals surface area contributed by atoms with Crippen LogP contribution in [0.3, 0.4) is 0 Å². The highest BCUT2D eigenvalue weighted by atomic mass is 16.4. The largest absolute Gasteiger partial charge is 0.481 e. The van der Waals surface area contributed by atoms with Gasteiger partial charge in [-0.1, -0.05) is 24.3 Å². The van der Waals surface area contributed by atoms with E-state index in [0.717, 1.165) is 0 Å². The molecule has 0 spiro atoms.